The highest BCUT2D eigenvalue weighted by atomic mass is 32.2. The minimum absolute atomic E-state index is 0.0183. The second kappa shape index (κ2) is 8.52. The molecule has 1 unspecified atom stereocenters. The number of alkyl halides is 3. The normalized spacial score (nSPS) is 16.4. The first kappa shape index (κ1) is 21.9. The summed E-state index contributed by atoms with van der Waals surface area (Å²) < 4.78 is 74.6. The zero-order valence-electron chi connectivity index (χ0n) is 15.8. The van der Waals surface area contributed by atoms with Gasteiger partial charge >= 0.3 is 6.18 Å². The summed E-state index contributed by atoms with van der Waals surface area (Å²) in [6, 6.07) is 11.7. The van der Waals surface area contributed by atoms with Crippen molar-refractivity contribution in [3.8, 4) is 11.5 Å². The van der Waals surface area contributed by atoms with Crippen LogP contribution in [-0.2, 0) is 10.0 Å². The zero-order chi connectivity index (χ0) is 21.9. The number of likely N-dealkylation sites (N-methyl/N-ethyl adjacent to an activating group) is 1. The van der Waals surface area contributed by atoms with Gasteiger partial charge in [-0.05, 0) is 36.4 Å². The van der Waals surface area contributed by atoms with Gasteiger partial charge in [0, 0.05) is 12.6 Å². The quantitative estimate of drug-likeness (QED) is 0.740. The van der Waals surface area contributed by atoms with E-state index in [2.05, 4.69) is 0 Å². The number of rotatable bonds is 6. The molecule has 0 saturated carbocycles. The highest BCUT2D eigenvalue weighted by Gasteiger charge is 2.29. The molecule has 0 spiro atoms. The first-order valence-electron chi connectivity index (χ1n) is 8.86. The molecule has 0 fully saturated rings. The van der Waals surface area contributed by atoms with Crippen LogP contribution in [0.25, 0.3) is 0 Å². The van der Waals surface area contributed by atoms with E-state index in [-0.39, 0.29) is 23.6 Å². The molecule has 1 heterocycles. The SMILES string of the molecule is CN(CC1COc2ccccc2O1)S(=O)(=O)c1ccc(C(=O)NCC(F)(F)F)cc1. The molecule has 1 N–H and O–H groups in total. The minimum atomic E-state index is -4.53. The molecule has 0 radical (unpaired) electrons. The Morgan fingerprint density at radius 2 is 1.77 bits per heavy atom. The predicted molar refractivity (Wildman–Crippen MR) is 101 cm³/mol. The molecule has 2 aromatic carbocycles. The van der Waals surface area contributed by atoms with E-state index in [9.17, 15) is 26.4 Å². The maximum absolute atomic E-state index is 12.8. The van der Waals surface area contributed by atoms with E-state index in [0.29, 0.717) is 11.5 Å². The Bertz CT molecular complexity index is 1010. The number of para-hydroxylation sites is 2. The van der Waals surface area contributed by atoms with Crippen LogP contribution in [0, 0.1) is 0 Å². The summed E-state index contributed by atoms with van der Waals surface area (Å²) in [4.78, 5) is 11.6. The summed E-state index contributed by atoms with van der Waals surface area (Å²) in [6.45, 7) is -1.28. The van der Waals surface area contributed by atoms with E-state index in [4.69, 9.17) is 9.47 Å². The van der Waals surface area contributed by atoms with Crippen LogP contribution in [0.5, 0.6) is 11.5 Å². The topological polar surface area (TPSA) is 84.9 Å². The molecule has 7 nitrogen and oxygen atoms in total. The second-order valence-corrected chi connectivity index (χ2v) is 8.65. The van der Waals surface area contributed by atoms with Crippen LogP contribution in [0.15, 0.2) is 53.4 Å². The van der Waals surface area contributed by atoms with Crippen molar-refractivity contribution in [2.45, 2.75) is 17.2 Å². The summed E-state index contributed by atoms with van der Waals surface area (Å²) >= 11 is 0. The summed E-state index contributed by atoms with van der Waals surface area (Å²) in [5, 5.41) is 1.73. The molecule has 0 bridgehead atoms. The molecule has 1 amide bonds. The van der Waals surface area contributed by atoms with Gasteiger partial charge in [0.2, 0.25) is 10.0 Å². The molecule has 3 rings (SSSR count). The van der Waals surface area contributed by atoms with Gasteiger partial charge in [0.1, 0.15) is 19.3 Å². The van der Waals surface area contributed by atoms with Crippen molar-refractivity contribution in [2.75, 3.05) is 26.7 Å². The lowest BCUT2D eigenvalue weighted by atomic mass is 10.2. The second-order valence-electron chi connectivity index (χ2n) is 6.61. The minimum Gasteiger partial charge on any atom is -0.486 e. The van der Waals surface area contributed by atoms with Gasteiger partial charge in [-0.25, -0.2) is 8.42 Å². The van der Waals surface area contributed by atoms with Gasteiger partial charge in [0.05, 0.1) is 11.4 Å². The Hall–Kier alpha value is -2.79. The number of carbonyl (C=O) groups excluding carboxylic acids is 1. The Labute approximate surface area is 171 Å². The third-order valence-electron chi connectivity index (χ3n) is 4.30. The number of nitrogens with one attached hydrogen (secondary N) is 1. The van der Waals surface area contributed by atoms with E-state index in [1.807, 2.05) is 0 Å². The van der Waals surface area contributed by atoms with Crippen LogP contribution in [-0.4, -0.2) is 57.7 Å². The fourth-order valence-corrected chi connectivity index (χ4v) is 3.98. The molecule has 2 aromatic rings. The molecule has 0 saturated heterocycles. The maximum atomic E-state index is 12.8. The third-order valence-corrected chi connectivity index (χ3v) is 6.14. The van der Waals surface area contributed by atoms with Gasteiger partial charge in [0.15, 0.2) is 11.5 Å². The van der Waals surface area contributed by atoms with Gasteiger partial charge in [0.25, 0.3) is 5.91 Å². The molecular weight excluding hydrogens is 425 g/mol. The number of ether oxygens (including phenoxy) is 2. The number of carbonyl (C=O) groups is 1. The van der Waals surface area contributed by atoms with E-state index in [1.165, 1.54) is 19.2 Å². The van der Waals surface area contributed by atoms with Crippen molar-refractivity contribution in [3.63, 3.8) is 0 Å². The van der Waals surface area contributed by atoms with Crippen molar-refractivity contribution >= 4 is 15.9 Å². The maximum Gasteiger partial charge on any atom is 0.405 e. The summed E-state index contributed by atoms with van der Waals surface area (Å²) in [5.74, 6) is 0.156. The van der Waals surface area contributed by atoms with Crippen LogP contribution < -0.4 is 14.8 Å². The number of halogens is 3. The fraction of sp³-hybridized carbons (Fsp3) is 0.316. The van der Waals surface area contributed by atoms with E-state index in [0.717, 1.165) is 16.4 Å². The predicted octanol–water partition coefficient (Wildman–Crippen LogP) is 2.44. The highest BCUT2D eigenvalue weighted by molar-refractivity contribution is 7.89. The molecule has 30 heavy (non-hydrogen) atoms. The van der Waals surface area contributed by atoms with Crippen LogP contribution in [0.3, 0.4) is 0 Å². The highest BCUT2D eigenvalue weighted by Crippen LogP contribution is 2.31. The first-order valence-corrected chi connectivity index (χ1v) is 10.3. The average Bonchev–Trinajstić information content (AvgIpc) is 2.71. The third kappa shape index (κ3) is 5.22. The van der Waals surface area contributed by atoms with Gasteiger partial charge in [-0.2, -0.15) is 17.5 Å². The number of amides is 1. The largest absolute Gasteiger partial charge is 0.486 e. The molecule has 0 aliphatic carbocycles. The summed E-state index contributed by atoms with van der Waals surface area (Å²) in [5.41, 5.74) is -0.0820. The Kier molecular flexibility index (Phi) is 6.22. The smallest absolute Gasteiger partial charge is 0.405 e. The summed E-state index contributed by atoms with van der Waals surface area (Å²) in [6.07, 6.45) is -5.06. The van der Waals surface area contributed by atoms with Crippen molar-refractivity contribution in [2.24, 2.45) is 0 Å². The average molecular weight is 444 g/mol. The fourth-order valence-electron chi connectivity index (χ4n) is 2.78. The standard InChI is InChI=1S/C19H19F3N2O5S/c1-24(10-14-11-28-16-4-2-3-5-17(16)29-14)30(26,27)15-8-6-13(7-9-15)18(25)23-12-19(20,21)22/h2-9,14H,10-12H2,1H3,(H,23,25). The molecule has 1 aliphatic heterocycles. The van der Waals surface area contributed by atoms with Gasteiger partial charge in [-0.15, -0.1) is 0 Å². The van der Waals surface area contributed by atoms with Crippen molar-refractivity contribution in [1.29, 1.82) is 0 Å². The van der Waals surface area contributed by atoms with Gasteiger partial charge in [-0.1, -0.05) is 12.1 Å². The van der Waals surface area contributed by atoms with Crippen molar-refractivity contribution in [1.82, 2.24) is 9.62 Å². The molecule has 1 atom stereocenters. The molecule has 162 valence electrons. The van der Waals surface area contributed by atoms with Gasteiger partial charge in [-0.3, -0.25) is 4.79 Å². The number of sulfonamides is 1. The lowest BCUT2D eigenvalue weighted by Crippen LogP contribution is -2.41. The molecular formula is C19H19F3N2O5S. The molecule has 11 heteroatoms. The Morgan fingerprint density at radius 3 is 2.40 bits per heavy atom. The number of fused-ring (bicyclic) bond motifs is 1. The van der Waals surface area contributed by atoms with Crippen molar-refractivity contribution < 1.29 is 35.9 Å². The molecule has 1 aliphatic rings. The lowest BCUT2D eigenvalue weighted by molar-refractivity contribution is -0.123. The van der Waals surface area contributed by atoms with Gasteiger partial charge < -0.3 is 14.8 Å². The number of nitrogens with zero attached hydrogens (tertiary/aromatic N) is 1. The number of hydrogen-bond donors (Lipinski definition) is 1. The lowest BCUT2D eigenvalue weighted by Gasteiger charge is -2.29. The van der Waals surface area contributed by atoms with Crippen LogP contribution in [0.4, 0.5) is 13.2 Å². The van der Waals surface area contributed by atoms with Crippen LogP contribution in [0.1, 0.15) is 10.4 Å². The van der Waals surface area contributed by atoms with E-state index < -0.39 is 34.8 Å². The van der Waals surface area contributed by atoms with Crippen LogP contribution >= 0.6 is 0 Å². The van der Waals surface area contributed by atoms with E-state index in [1.54, 1.807) is 29.6 Å². The summed E-state index contributed by atoms with van der Waals surface area (Å²) in [7, 11) is -2.53. The zero-order valence-corrected chi connectivity index (χ0v) is 16.7. The monoisotopic (exact) mass is 444 g/mol. The number of benzene rings is 2. The Balaban J connectivity index is 1.64. The molecule has 0 aromatic heterocycles. The van der Waals surface area contributed by atoms with Crippen molar-refractivity contribution in [3.05, 3.63) is 54.1 Å². The van der Waals surface area contributed by atoms with Crippen LogP contribution in [0.2, 0.25) is 0 Å². The van der Waals surface area contributed by atoms with E-state index >= 15 is 0 Å². The first-order chi connectivity index (χ1) is 14.1. The number of hydrogen-bond acceptors (Lipinski definition) is 5. The Morgan fingerprint density at radius 1 is 1.13 bits per heavy atom.